The quantitative estimate of drug-likeness (QED) is 0.898. The number of hydrogen-bond acceptors (Lipinski definition) is 4. The first-order valence-corrected chi connectivity index (χ1v) is 7.16. The smallest absolute Gasteiger partial charge is 0.276 e. The van der Waals surface area contributed by atoms with Gasteiger partial charge in [-0.15, -0.1) is 0 Å². The van der Waals surface area contributed by atoms with E-state index < -0.39 is 0 Å². The average Bonchev–Trinajstić information content (AvgIpc) is 2.98. The molecule has 1 N–H and O–H groups in total. The van der Waals surface area contributed by atoms with Gasteiger partial charge in [-0.1, -0.05) is 18.0 Å². The highest BCUT2D eigenvalue weighted by Crippen LogP contribution is 2.22. The normalized spacial score (nSPS) is 19.9. The summed E-state index contributed by atoms with van der Waals surface area (Å²) in [7, 11) is 0. The van der Waals surface area contributed by atoms with E-state index in [0.29, 0.717) is 30.6 Å². The third kappa shape index (κ3) is 2.55. The zero-order valence-corrected chi connectivity index (χ0v) is 11.6. The fourth-order valence-corrected chi connectivity index (χ4v) is 2.83. The van der Waals surface area contributed by atoms with Gasteiger partial charge in [0.25, 0.3) is 5.91 Å². The number of aromatic nitrogens is 1. The van der Waals surface area contributed by atoms with E-state index in [9.17, 15) is 9.59 Å². The molecule has 1 saturated carbocycles. The molecule has 1 aromatic heterocycles. The molecule has 6 nitrogen and oxygen atoms in total. The van der Waals surface area contributed by atoms with Gasteiger partial charge in [0, 0.05) is 25.2 Å². The number of likely N-dealkylation sites (tertiary alicyclic amines) is 1. The van der Waals surface area contributed by atoms with Gasteiger partial charge in [0.1, 0.15) is 5.76 Å². The number of hydrogen-bond donors (Lipinski definition) is 1. The predicted octanol–water partition coefficient (Wildman–Crippen LogP) is 1.11. The molecule has 1 aromatic rings. The van der Waals surface area contributed by atoms with Crippen LogP contribution in [0.5, 0.6) is 0 Å². The number of carbonyl (C=O) groups excluding carboxylic acids is 2. The third-order valence-electron chi connectivity index (χ3n) is 4.09. The molecule has 0 aromatic carbocycles. The Morgan fingerprint density at radius 1 is 1.35 bits per heavy atom. The molecule has 0 spiro atoms. The van der Waals surface area contributed by atoms with Gasteiger partial charge in [-0.05, 0) is 19.8 Å². The minimum absolute atomic E-state index is 0.0763. The maximum atomic E-state index is 12.0. The van der Waals surface area contributed by atoms with Crippen molar-refractivity contribution in [2.24, 2.45) is 5.92 Å². The summed E-state index contributed by atoms with van der Waals surface area (Å²) >= 11 is 0. The second-order valence-corrected chi connectivity index (χ2v) is 5.72. The summed E-state index contributed by atoms with van der Waals surface area (Å²) in [6, 6.07) is 1.96. The van der Waals surface area contributed by atoms with Crippen LogP contribution in [-0.4, -0.2) is 41.0 Å². The van der Waals surface area contributed by atoms with E-state index in [4.69, 9.17) is 4.52 Å². The van der Waals surface area contributed by atoms with Crippen LogP contribution in [0.1, 0.15) is 41.9 Å². The minimum Gasteiger partial charge on any atom is -0.361 e. The van der Waals surface area contributed by atoms with Crippen molar-refractivity contribution in [2.75, 3.05) is 13.1 Å². The molecular weight excluding hydrogens is 258 g/mol. The number of rotatable bonds is 3. The van der Waals surface area contributed by atoms with Crippen LogP contribution < -0.4 is 5.32 Å². The van der Waals surface area contributed by atoms with Crippen molar-refractivity contribution in [1.82, 2.24) is 15.4 Å². The molecule has 0 unspecified atom stereocenters. The second kappa shape index (κ2) is 5.26. The first-order chi connectivity index (χ1) is 9.63. The third-order valence-corrected chi connectivity index (χ3v) is 4.09. The summed E-state index contributed by atoms with van der Waals surface area (Å²) in [4.78, 5) is 25.7. The Bertz CT molecular complexity index is 513. The molecule has 0 atom stereocenters. The van der Waals surface area contributed by atoms with Gasteiger partial charge in [0.15, 0.2) is 5.69 Å². The van der Waals surface area contributed by atoms with E-state index in [1.54, 1.807) is 17.9 Å². The van der Waals surface area contributed by atoms with Crippen molar-refractivity contribution in [3.8, 4) is 0 Å². The number of aryl methyl sites for hydroxylation is 1. The highest BCUT2D eigenvalue weighted by molar-refractivity contribution is 5.94. The predicted molar refractivity (Wildman–Crippen MR) is 71.0 cm³/mol. The maximum absolute atomic E-state index is 12.0. The Morgan fingerprint density at radius 3 is 2.65 bits per heavy atom. The molecule has 2 aliphatic rings. The molecule has 108 valence electrons. The minimum atomic E-state index is -0.160. The first kappa shape index (κ1) is 13.1. The molecule has 1 saturated heterocycles. The van der Waals surface area contributed by atoms with Crippen molar-refractivity contribution in [1.29, 1.82) is 0 Å². The summed E-state index contributed by atoms with van der Waals surface area (Å²) in [5, 5.41) is 6.78. The SMILES string of the molecule is Cc1cc(C(=O)N2CC(C(=O)NC3CCCC3)C2)no1. The van der Waals surface area contributed by atoms with Gasteiger partial charge in [0.2, 0.25) is 5.91 Å². The van der Waals surface area contributed by atoms with E-state index in [0.717, 1.165) is 12.8 Å². The molecule has 3 rings (SSSR count). The van der Waals surface area contributed by atoms with Crippen LogP contribution in [0, 0.1) is 12.8 Å². The molecular formula is C14H19N3O3. The Hall–Kier alpha value is -1.85. The van der Waals surface area contributed by atoms with E-state index in [2.05, 4.69) is 10.5 Å². The number of carbonyl (C=O) groups is 2. The van der Waals surface area contributed by atoms with Crippen LogP contribution in [0.3, 0.4) is 0 Å². The molecule has 6 heteroatoms. The van der Waals surface area contributed by atoms with Crippen molar-refractivity contribution in [3.05, 3.63) is 17.5 Å². The lowest BCUT2D eigenvalue weighted by Crippen LogP contribution is -2.56. The molecule has 20 heavy (non-hydrogen) atoms. The second-order valence-electron chi connectivity index (χ2n) is 5.72. The van der Waals surface area contributed by atoms with Gasteiger partial charge in [0.05, 0.1) is 5.92 Å². The van der Waals surface area contributed by atoms with E-state index in [1.807, 2.05) is 0 Å². The monoisotopic (exact) mass is 277 g/mol. The lowest BCUT2D eigenvalue weighted by molar-refractivity contribution is -0.129. The summed E-state index contributed by atoms with van der Waals surface area (Å²) in [6.45, 7) is 2.70. The molecule has 0 bridgehead atoms. The fraction of sp³-hybridized carbons (Fsp3) is 0.643. The van der Waals surface area contributed by atoms with Crippen molar-refractivity contribution in [3.63, 3.8) is 0 Å². The Kier molecular flexibility index (Phi) is 3.46. The van der Waals surface area contributed by atoms with Gasteiger partial charge in [-0.3, -0.25) is 9.59 Å². The molecule has 1 aliphatic heterocycles. The van der Waals surface area contributed by atoms with Crippen LogP contribution in [0.15, 0.2) is 10.6 Å². The average molecular weight is 277 g/mol. The molecule has 1 aliphatic carbocycles. The van der Waals surface area contributed by atoms with Crippen LogP contribution in [0.25, 0.3) is 0 Å². The van der Waals surface area contributed by atoms with Crippen LogP contribution >= 0.6 is 0 Å². The van der Waals surface area contributed by atoms with Gasteiger partial charge >= 0.3 is 0 Å². The lowest BCUT2D eigenvalue weighted by Gasteiger charge is -2.38. The molecule has 0 radical (unpaired) electrons. The Balaban J connectivity index is 1.48. The van der Waals surface area contributed by atoms with Crippen molar-refractivity contribution < 1.29 is 14.1 Å². The van der Waals surface area contributed by atoms with Gasteiger partial charge in [-0.25, -0.2) is 0 Å². The van der Waals surface area contributed by atoms with Crippen molar-refractivity contribution >= 4 is 11.8 Å². The number of nitrogens with one attached hydrogen (secondary N) is 1. The Morgan fingerprint density at radius 2 is 2.05 bits per heavy atom. The van der Waals surface area contributed by atoms with Crippen LogP contribution in [-0.2, 0) is 4.79 Å². The van der Waals surface area contributed by atoms with E-state index in [-0.39, 0.29) is 17.7 Å². The van der Waals surface area contributed by atoms with Crippen LogP contribution in [0.4, 0.5) is 0 Å². The number of amides is 2. The maximum Gasteiger partial charge on any atom is 0.276 e. The highest BCUT2D eigenvalue weighted by Gasteiger charge is 2.37. The molecule has 2 amide bonds. The van der Waals surface area contributed by atoms with Crippen LogP contribution in [0.2, 0.25) is 0 Å². The molecule has 2 heterocycles. The standard InChI is InChI=1S/C14H19N3O3/c1-9-6-12(16-20-9)14(19)17-7-10(8-17)13(18)15-11-4-2-3-5-11/h6,10-11H,2-5,7-8H2,1H3,(H,15,18). The first-order valence-electron chi connectivity index (χ1n) is 7.16. The fourth-order valence-electron chi connectivity index (χ4n) is 2.83. The van der Waals surface area contributed by atoms with Gasteiger partial charge < -0.3 is 14.7 Å². The van der Waals surface area contributed by atoms with Crippen molar-refractivity contribution in [2.45, 2.75) is 38.6 Å². The van der Waals surface area contributed by atoms with Gasteiger partial charge in [-0.2, -0.15) is 0 Å². The zero-order valence-electron chi connectivity index (χ0n) is 11.6. The topological polar surface area (TPSA) is 75.4 Å². The largest absolute Gasteiger partial charge is 0.361 e. The highest BCUT2D eigenvalue weighted by atomic mass is 16.5. The summed E-state index contributed by atoms with van der Waals surface area (Å²) in [5.74, 6) is 0.459. The number of nitrogens with zero attached hydrogens (tertiary/aromatic N) is 2. The Labute approximate surface area is 117 Å². The zero-order chi connectivity index (χ0) is 14.1. The lowest BCUT2D eigenvalue weighted by atomic mass is 9.98. The summed E-state index contributed by atoms with van der Waals surface area (Å²) in [6.07, 6.45) is 4.57. The summed E-state index contributed by atoms with van der Waals surface area (Å²) < 4.78 is 4.89. The van der Waals surface area contributed by atoms with E-state index >= 15 is 0 Å². The van der Waals surface area contributed by atoms with E-state index in [1.165, 1.54) is 12.8 Å². The summed E-state index contributed by atoms with van der Waals surface area (Å²) in [5.41, 5.74) is 0.317. The molecule has 2 fully saturated rings.